The molecule has 10 heteroatoms. The first-order valence-electron chi connectivity index (χ1n) is 9.32. The molecule has 1 amide bonds. The Morgan fingerprint density at radius 1 is 1.25 bits per heavy atom. The molecule has 2 N–H and O–H groups in total. The summed E-state index contributed by atoms with van der Waals surface area (Å²) < 4.78 is 43.1. The van der Waals surface area contributed by atoms with Crippen molar-refractivity contribution < 1.29 is 17.6 Å². The highest BCUT2D eigenvalue weighted by molar-refractivity contribution is 7.89. The number of alkyl halides is 1. The zero-order valence-corrected chi connectivity index (χ0v) is 16.1. The minimum Gasteiger partial charge on any atom is -0.364 e. The van der Waals surface area contributed by atoms with Crippen molar-refractivity contribution in [2.45, 2.75) is 55.8 Å². The number of carbonyl (C=O) groups excluding carboxylic acids is 1. The molecule has 1 aliphatic carbocycles. The molecular formula is C18H22FN5O3S. The van der Waals surface area contributed by atoms with Crippen LogP contribution in [0.2, 0.25) is 0 Å². The lowest BCUT2D eigenvalue weighted by Crippen LogP contribution is -2.38. The Hall–Kier alpha value is -2.33. The van der Waals surface area contributed by atoms with Crippen LogP contribution in [0.4, 0.5) is 4.39 Å². The molecule has 28 heavy (non-hydrogen) atoms. The van der Waals surface area contributed by atoms with Gasteiger partial charge >= 0.3 is 0 Å². The number of benzene rings is 1. The zero-order valence-electron chi connectivity index (χ0n) is 15.3. The van der Waals surface area contributed by atoms with Crippen molar-refractivity contribution in [3.05, 3.63) is 41.2 Å². The molecule has 0 bridgehead atoms. The number of hydrogen-bond donors (Lipinski definition) is 1. The van der Waals surface area contributed by atoms with Crippen molar-refractivity contribution in [1.29, 1.82) is 0 Å². The van der Waals surface area contributed by atoms with Gasteiger partial charge in [0.1, 0.15) is 6.17 Å². The van der Waals surface area contributed by atoms with Gasteiger partial charge in [-0.2, -0.15) is 4.31 Å². The average Bonchev–Trinajstić information content (AvgIpc) is 3.28. The molecule has 0 saturated carbocycles. The van der Waals surface area contributed by atoms with Crippen LogP contribution >= 0.6 is 0 Å². The van der Waals surface area contributed by atoms with Crippen LogP contribution < -0.4 is 5.73 Å². The lowest BCUT2D eigenvalue weighted by atomic mass is 9.92. The summed E-state index contributed by atoms with van der Waals surface area (Å²) in [4.78, 5) is 11.4. The molecule has 2 heterocycles. The maximum atomic E-state index is 14.2. The van der Waals surface area contributed by atoms with Crippen molar-refractivity contribution >= 4 is 15.9 Å². The van der Waals surface area contributed by atoms with Crippen LogP contribution in [0.5, 0.6) is 0 Å². The largest absolute Gasteiger partial charge is 0.364 e. The number of halogens is 1. The lowest BCUT2D eigenvalue weighted by Gasteiger charge is -2.24. The highest BCUT2D eigenvalue weighted by atomic mass is 32.2. The molecule has 1 fully saturated rings. The molecule has 1 saturated heterocycles. The van der Waals surface area contributed by atoms with Gasteiger partial charge in [0.05, 0.1) is 17.6 Å². The Bertz CT molecular complexity index is 1010. The normalized spacial score (nSPS) is 22.9. The van der Waals surface area contributed by atoms with Gasteiger partial charge in [0.2, 0.25) is 10.0 Å². The predicted molar refractivity (Wildman–Crippen MR) is 98.8 cm³/mol. The second-order valence-corrected chi connectivity index (χ2v) is 9.28. The summed E-state index contributed by atoms with van der Waals surface area (Å²) in [5.74, 6) is -0.723. The number of primary amides is 1. The number of rotatable bonds is 5. The third-order valence-electron chi connectivity index (χ3n) is 5.43. The fraction of sp³-hybridized carbons (Fsp3) is 0.500. The molecule has 1 aromatic heterocycles. The van der Waals surface area contributed by atoms with E-state index in [1.807, 2.05) is 6.07 Å². The molecular weight excluding hydrogens is 385 g/mol. The smallest absolute Gasteiger partial charge is 0.270 e. The van der Waals surface area contributed by atoms with Gasteiger partial charge in [-0.3, -0.25) is 9.48 Å². The van der Waals surface area contributed by atoms with Crippen molar-refractivity contribution in [1.82, 2.24) is 19.3 Å². The Morgan fingerprint density at radius 2 is 2.00 bits per heavy atom. The van der Waals surface area contributed by atoms with Gasteiger partial charge in [-0.1, -0.05) is 11.3 Å². The van der Waals surface area contributed by atoms with Crippen LogP contribution in [0.3, 0.4) is 0 Å². The Balaban J connectivity index is 1.60. The van der Waals surface area contributed by atoms with E-state index in [-0.39, 0.29) is 30.1 Å². The molecule has 1 aromatic carbocycles. The Kier molecular flexibility index (Phi) is 4.92. The van der Waals surface area contributed by atoms with Crippen LogP contribution in [-0.4, -0.2) is 52.4 Å². The van der Waals surface area contributed by atoms with E-state index >= 15 is 0 Å². The number of fused-ring (bicyclic) bond motifs is 1. The molecule has 2 atom stereocenters. The maximum Gasteiger partial charge on any atom is 0.270 e. The van der Waals surface area contributed by atoms with E-state index < -0.39 is 28.1 Å². The fourth-order valence-corrected chi connectivity index (χ4v) is 5.72. The summed E-state index contributed by atoms with van der Waals surface area (Å²) in [6.45, 7) is -0.0909. The minimum atomic E-state index is -3.84. The van der Waals surface area contributed by atoms with Gasteiger partial charge in [0, 0.05) is 12.6 Å². The summed E-state index contributed by atoms with van der Waals surface area (Å²) in [6, 6.07) is 4.60. The SMILES string of the molecule is NC(=O)c1cn(C[C@@H]2C[C@H](F)CN2S(=O)(=O)c2ccc3c(c2)CCCC3)nn1. The molecule has 2 aliphatic rings. The van der Waals surface area contributed by atoms with Crippen LogP contribution in [-0.2, 0) is 29.4 Å². The summed E-state index contributed by atoms with van der Waals surface area (Å²) in [7, 11) is -3.84. The molecule has 1 aliphatic heterocycles. The van der Waals surface area contributed by atoms with Gasteiger partial charge in [-0.25, -0.2) is 12.8 Å². The summed E-state index contributed by atoms with van der Waals surface area (Å²) in [5, 5.41) is 7.44. The number of carbonyl (C=O) groups is 1. The van der Waals surface area contributed by atoms with Gasteiger partial charge < -0.3 is 5.73 Å². The number of aryl methyl sites for hydroxylation is 2. The van der Waals surface area contributed by atoms with Gasteiger partial charge in [-0.15, -0.1) is 5.10 Å². The Labute approximate surface area is 162 Å². The van der Waals surface area contributed by atoms with E-state index in [9.17, 15) is 17.6 Å². The van der Waals surface area contributed by atoms with Crippen LogP contribution in [0.25, 0.3) is 0 Å². The number of amides is 1. The highest BCUT2D eigenvalue weighted by Crippen LogP contribution is 2.31. The second-order valence-electron chi connectivity index (χ2n) is 7.39. The molecule has 0 radical (unpaired) electrons. The zero-order chi connectivity index (χ0) is 19.9. The minimum absolute atomic E-state index is 0.0149. The summed E-state index contributed by atoms with van der Waals surface area (Å²) in [6.07, 6.45) is 4.14. The van der Waals surface area contributed by atoms with Crippen molar-refractivity contribution in [2.75, 3.05) is 6.54 Å². The van der Waals surface area contributed by atoms with Gasteiger partial charge in [0.25, 0.3) is 5.91 Å². The number of nitrogens with zero attached hydrogens (tertiary/aromatic N) is 4. The van der Waals surface area contributed by atoms with Crippen LogP contribution in [0, 0.1) is 0 Å². The predicted octanol–water partition coefficient (Wildman–Crippen LogP) is 1.06. The first-order chi connectivity index (χ1) is 13.3. The third kappa shape index (κ3) is 3.53. The molecule has 4 rings (SSSR count). The third-order valence-corrected chi connectivity index (χ3v) is 7.34. The standard InChI is InChI=1S/C18H22FN5O3S/c19-14-8-15(10-23-11-17(18(20)25)21-22-23)24(9-14)28(26,27)16-6-5-12-3-1-2-4-13(12)7-16/h5-7,11,14-15H,1-4,8-10H2,(H2,20,25)/t14-,15-/m0/s1. The molecule has 2 aromatic rings. The first-order valence-corrected chi connectivity index (χ1v) is 10.8. The molecule has 8 nitrogen and oxygen atoms in total. The first kappa shape index (κ1) is 19.0. The molecule has 0 spiro atoms. The van der Waals surface area contributed by atoms with E-state index in [0.717, 1.165) is 31.2 Å². The van der Waals surface area contributed by atoms with E-state index in [1.54, 1.807) is 12.1 Å². The monoisotopic (exact) mass is 407 g/mol. The lowest BCUT2D eigenvalue weighted by molar-refractivity contribution is 0.0995. The number of sulfonamides is 1. The van der Waals surface area contributed by atoms with Gasteiger partial charge in [0.15, 0.2) is 5.69 Å². The van der Waals surface area contributed by atoms with E-state index in [0.29, 0.717) is 0 Å². The summed E-state index contributed by atoms with van der Waals surface area (Å²) >= 11 is 0. The quantitative estimate of drug-likeness (QED) is 0.797. The summed E-state index contributed by atoms with van der Waals surface area (Å²) in [5.41, 5.74) is 7.40. The van der Waals surface area contributed by atoms with Crippen LogP contribution in [0.15, 0.2) is 29.3 Å². The molecule has 0 unspecified atom stereocenters. The second kappa shape index (κ2) is 7.25. The Morgan fingerprint density at radius 3 is 2.71 bits per heavy atom. The van der Waals surface area contributed by atoms with E-state index in [4.69, 9.17) is 5.73 Å². The van der Waals surface area contributed by atoms with Crippen LogP contribution in [0.1, 0.15) is 40.9 Å². The highest BCUT2D eigenvalue weighted by Gasteiger charge is 2.41. The van der Waals surface area contributed by atoms with Gasteiger partial charge in [-0.05, 0) is 55.4 Å². The number of aromatic nitrogens is 3. The fourth-order valence-electron chi connectivity index (χ4n) is 4.01. The number of hydrogen-bond acceptors (Lipinski definition) is 5. The number of nitrogens with two attached hydrogens (primary N) is 1. The van der Waals surface area contributed by atoms with Crippen molar-refractivity contribution in [3.63, 3.8) is 0 Å². The maximum absolute atomic E-state index is 14.2. The van der Waals surface area contributed by atoms with Crippen molar-refractivity contribution in [2.24, 2.45) is 5.73 Å². The average molecular weight is 407 g/mol. The van der Waals surface area contributed by atoms with Crippen molar-refractivity contribution in [3.8, 4) is 0 Å². The topological polar surface area (TPSA) is 111 Å². The van der Waals surface area contributed by atoms with E-state index in [2.05, 4.69) is 10.3 Å². The molecule has 150 valence electrons. The van der Waals surface area contributed by atoms with E-state index in [1.165, 1.54) is 20.7 Å².